The highest BCUT2D eigenvalue weighted by Crippen LogP contribution is 2.24. The molecule has 198 valence electrons. The summed E-state index contributed by atoms with van der Waals surface area (Å²) in [5.41, 5.74) is 5.20. The van der Waals surface area contributed by atoms with E-state index in [1.165, 1.54) is 6.07 Å². The Morgan fingerprint density at radius 2 is 1.71 bits per heavy atom. The molecule has 0 saturated heterocycles. The third kappa shape index (κ3) is 7.44. The molecule has 1 aromatic heterocycles. The van der Waals surface area contributed by atoms with Crippen LogP contribution in [0.1, 0.15) is 55.3 Å². The number of ether oxygens (including phenoxy) is 1. The number of carboxylic acid groups (broad SMARTS) is 1. The maximum absolute atomic E-state index is 14.3. The second kappa shape index (κ2) is 11.9. The second-order valence-electron chi connectivity index (χ2n) is 10.4. The number of aromatic nitrogens is 2. The summed E-state index contributed by atoms with van der Waals surface area (Å²) < 4.78 is 22.3. The monoisotopic (exact) mass is 515 g/mol. The fourth-order valence-corrected chi connectivity index (χ4v) is 3.99. The van der Waals surface area contributed by atoms with Gasteiger partial charge in [-0.1, -0.05) is 69.3 Å². The van der Waals surface area contributed by atoms with Crippen molar-refractivity contribution >= 4 is 11.7 Å². The number of nitrogens with one attached hydrogen (secondary N) is 1. The molecule has 1 heterocycles. The Labute approximate surface area is 223 Å². The van der Waals surface area contributed by atoms with Crippen molar-refractivity contribution < 1.29 is 19.0 Å². The van der Waals surface area contributed by atoms with E-state index in [2.05, 4.69) is 44.3 Å². The van der Waals surface area contributed by atoms with Crippen molar-refractivity contribution in [1.29, 1.82) is 0 Å². The molecular formula is C31H34FN3O3. The topological polar surface area (TPSA) is 76.4 Å². The molecule has 0 radical (unpaired) electrons. The summed E-state index contributed by atoms with van der Waals surface area (Å²) in [6.45, 7) is 8.05. The summed E-state index contributed by atoms with van der Waals surface area (Å²) in [6.07, 6.45) is 0.0874. The van der Waals surface area contributed by atoms with Crippen molar-refractivity contribution in [2.45, 2.75) is 58.7 Å². The van der Waals surface area contributed by atoms with Gasteiger partial charge in [0, 0.05) is 24.1 Å². The molecule has 0 amide bonds. The lowest BCUT2D eigenvalue weighted by Crippen LogP contribution is -2.13. The minimum absolute atomic E-state index is 0.0732. The zero-order chi connectivity index (χ0) is 27.1. The molecule has 0 aliphatic rings. The van der Waals surface area contributed by atoms with Crippen LogP contribution in [0, 0.1) is 5.82 Å². The number of hydrogen-bond donors (Lipinski definition) is 2. The van der Waals surface area contributed by atoms with Crippen LogP contribution in [0.2, 0.25) is 0 Å². The van der Waals surface area contributed by atoms with E-state index in [9.17, 15) is 9.18 Å². The number of carboxylic acids is 1. The third-order valence-corrected chi connectivity index (χ3v) is 6.27. The van der Waals surface area contributed by atoms with Crippen molar-refractivity contribution in [2.24, 2.45) is 0 Å². The smallest absolute Gasteiger partial charge is 0.303 e. The van der Waals surface area contributed by atoms with Gasteiger partial charge in [-0.05, 0) is 53.4 Å². The van der Waals surface area contributed by atoms with Crippen LogP contribution in [-0.2, 0) is 36.3 Å². The first-order chi connectivity index (χ1) is 18.2. The van der Waals surface area contributed by atoms with Crippen LogP contribution in [0.15, 0.2) is 78.9 Å². The molecule has 0 aliphatic carbocycles. The zero-order valence-electron chi connectivity index (χ0n) is 22.1. The summed E-state index contributed by atoms with van der Waals surface area (Å²) in [6, 6.07) is 25.0. The lowest BCUT2D eigenvalue weighted by atomic mass is 9.92. The van der Waals surface area contributed by atoms with Gasteiger partial charge in [0.05, 0.1) is 17.9 Å². The number of hydrogen-bond acceptors (Lipinski definition) is 4. The molecule has 0 spiro atoms. The number of aliphatic carboxylic acids is 1. The molecule has 6 nitrogen and oxygen atoms in total. The van der Waals surface area contributed by atoms with Crippen molar-refractivity contribution in [2.75, 3.05) is 5.32 Å². The molecule has 38 heavy (non-hydrogen) atoms. The van der Waals surface area contributed by atoms with Gasteiger partial charge in [-0.2, -0.15) is 5.10 Å². The van der Waals surface area contributed by atoms with Gasteiger partial charge in [0.2, 0.25) is 0 Å². The molecule has 3 aromatic carbocycles. The molecular weight excluding hydrogens is 481 g/mol. The van der Waals surface area contributed by atoms with Crippen LogP contribution in [0.25, 0.3) is 0 Å². The number of para-hydroxylation sites is 1. The Kier molecular flexibility index (Phi) is 8.46. The van der Waals surface area contributed by atoms with Crippen LogP contribution in [0.5, 0.6) is 5.75 Å². The Morgan fingerprint density at radius 1 is 1.00 bits per heavy atom. The summed E-state index contributed by atoms with van der Waals surface area (Å²) >= 11 is 0. The van der Waals surface area contributed by atoms with E-state index in [0.717, 1.165) is 28.3 Å². The molecule has 2 N–H and O–H groups in total. The predicted molar refractivity (Wildman–Crippen MR) is 147 cm³/mol. The molecule has 0 fully saturated rings. The van der Waals surface area contributed by atoms with E-state index < -0.39 is 11.8 Å². The largest absolute Gasteiger partial charge is 0.487 e. The number of nitrogens with zero attached hydrogens (tertiary/aromatic N) is 2. The van der Waals surface area contributed by atoms with Crippen LogP contribution in [0.3, 0.4) is 0 Å². The minimum Gasteiger partial charge on any atom is -0.487 e. The van der Waals surface area contributed by atoms with Crippen molar-refractivity contribution in [3.05, 3.63) is 113 Å². The lowest BCUT2D eigenvalue weighted by Gasteiger charge is -2.14. The normalized spacial score (nSPS) is 11.4. The van der Waals surface area contributed by atoms with Crippen LogP contribution < -0.4 is 10.1 Å². The van der Waals surface area contributed by atoms with Gasteiger partial charge in [0.15, 0.2) is 0 Å². The van der Waals surface area contributed by atoms with Gasteiger partial charge in [-0.25, -0.2) is 4.39 Å². The Morgan fingerprint density at radius 3 is 2.37 bits per heavy atom. The highest BCUT2D eigenvalue weighted by molar-refractivity contribution is 5.67. The SMILES string of the molecule is CC(C)(C)c1cc(COc2ccccc2)n(Cc2ccc(CNc3ccc(CCC(=O)O)c(F)c3)cc2)n1. The lowest BCUT2D eigenvalue weighted by molar-refractivity contribution is -0.136. The molecule has 0 unspecified atom stereocenters. The number of halogens is 1. The zero-order valence-corrected chi connectivity index (χ0v) is 22.1. The van der Waals surface area contributed by atoms with E-state index in [1.807, 2.05) is 47.1 Å². The molecule has 0 aliphatic heterocycles. The van der Waals surface area contributed by atoms with Gasteiger partial charge >= 0.3 is 5.97 Å². The van der Waals surface area contributed by atoms with Gasteiger partial charge in [-0.3, -0.25) is 9.48 Å². The quantitative estimate of drug-likeness (QED) is 0.236. The first-order valence-corrected chi connectivity index (χ1v) is 12.7. The Bertz CT molecular complexity index is 1360. The average molecular weight is 516 g/mol. The van der Waals surface area contributed by atoms with Crippen molar-refractivity contribution in [1.82, 2.24) is 9.78 Å². The van der Waals surface area contributed by atoms with E-state index in [0.29, 0.717) is 30.9 Å². The average Bonchev–Trinajstić information content (AvgIpc) is 3.30. The minimum atomic E-state index is -0.936. The van der Waals surface area contributed by atoms with Crippen molar-refractivity contribution in [3.63, 3.8) is 0 Å². The van der Waals surface area contributed by atoms with Crippen LogP contribution >= 0.6 is 0 Å². The molecule has 0 atom stereocenters. The summed E-state index contributed by atoms with van der Waals surface area (Å²) in [5, 5.41) is 16.9. The van der Waals surface area contributed by atoms with Crippen LogP contribution in [0.4, 0.5) is 10.1 Å². The van der Waals surface area contributed by atoms with E-state index in [-0.39, 0.29) is 18.3 Å². The van der Waals surface area contributed by atoms with Gasteiger partial charge in [0.1, 0.15) is 18.2 Å². The summed E-state index contributed by atoms with van der Waals surface area (Å²) in [4.78, 5) is 10.7. The number of aryl methyl sites for hydroxylation is 1. The number of benzene rings is 3. The number of carbonyl (C=O) groups is 1. The fraction of sp³-hybridized carbons (Fsp3) is 0.290. The molecule has 0 bridgehead atoms. The highest BCUT2D eigenvalue weighted by atomic mass is 19.1. The van der Waals surface area contributed by atoms with Gasteiger partial charge in [0.25, 0.3) is 0 Å². The van der Waals surface area contributed by atoms with E-state index in [1.54, 1.807) is 12.1 Å². The van der Waals surface area contributed by atoms with E-state index >= 15 is 0 Å². The molecule has 4 rings (SSSR count). The van der Waals surface area contributed by atoms with E-state index in [4.69, 9.17) is 14.9 Å². The third-order valence-electron chi connectivity index (χ3n) is 6.27. The molecule has 0 saturated carbocycles. The first kappa shape index (κ1) is 26.9. The Hall–Kier alpha value is -4.13. The maximum atomic E-state index is 14.3. The highest BCUT2D eigenvalue weighted by Gasteiger charge is 2.20. The van der Waals surface area contributed by atoms with Crippen molar-refractivity contribution in [3.8, 4) is 5.75 Å². The second-order valence-corrected chi connectivity index (χ2v) is 10.4. The summed E-state index contributed by atoms with van der Waals surface area (Å²) in [7, 11) is 0. The Balaban J connectivity index is 1.39. The first-order valence-electron chi connectivity index (χ1n) is 12.7. The molecule has 7 heteroatoms. The number of anilines is 1. The fourth-order valence-electron chi connectivity index (χ4n) is 3.99. The molecule has 4 aromatic rings. The summed E-state index contributed by atoms with van der Waals surface area (Å²) in [5.74, 6) is -0.509. The van der Waals surface area contributed by atoms with Crippen LogP contribution in [-0.4, -0.2) is 20.9 Å². The standard InChI is InChI=1S/C31H34FN3O3/c1-31(2,3)29-18-26(21-38-27-7-5-4-6-8-27)35(34-29)20-23-11-9-22(10-12-23)19-33-25-15-13-24(28(32)17-25)14-16-30(36)37/h4-13,15,17-18,33H,14,16,19-21H2,1-3H3,(H,36,37). The maximum Gasteiger partial charge on any atom is 0.303 e. The van der Waals surface area contributed by atoms with Gasteiger partial charge < -0.3 is 15.2 Å². The number of rotatable bonds is 11. The van der Waals surface area contributed by atoms with Gasteiger partial charge in [-0.15, -0.1) is 0 Å². The predicted octanol–water partition coefficient (Wildman–Crippen LogP) is 6.58.